The van der Waals surface area contributed by atoms with Gasteiger partial charge in [-0.2, -0.15) is 0 Å². The summed E-state index contributed by atoms with van der Waals surface area (Å²) in [6.07, 6.45) is 1.80. The largest absolute Gasteiger partial charge is 0.474 e. The van der Waals surface area contributed by atoms with E-state index in [0.717, 1.165) is 22.4 Å². The smallest absolute Gasteiger partial charge is 0.234 e. The van der Waals surface area contributed by atoms with Crippen molar-refractivity contribution in [2.75, 3.05) is 6.61 Å². The Hall–Kier alpha value is -3.40. The Morgan fingerprint density at radius 2 is 1.69 bits per heavy atom. The molecule has 0 radical (unpaired) electrons. The zero-order chi connectivity index (χ0) is 17.3. The fraction of sp³-hybridized carbons (Fsp3) is 0.0909. The molecule has 2 aromatic carbocycles. The molecule has 0 saturated heterocycles. The van der Waals surface area contributed by atoms with Crippen LogP contribution in [0.4, 0.5) is 0 Å². The van der Waals surface area contributed by atoms with Crippen LogP contribution in [0.2, 0.25) is 0 Å². The van der Waals surface area contributed by atoms with Crippen molar-refractivity contribution in [3.8, 4) is 5.82 Å². The van der Waals surface area contributed by atoms with Crippen LogP contribution in [0.5, 0.6) is 0 Å². The molecular formula is C22H17N3O. The van der Waals surface area contributed by atoms with Crippen molar-refractivity contribution in [3.63, 3.8) is 0 Å². The first-order valence-corrected chi connectivity index (χ1v) is 8.68. The molecule has 1 aliphatic heterocycles. The Bertz CT molecular complexity index is 1080. The first-order chi connectivity index (χ1) is 12.9. The lowest BCUT2D eigenvalue weighted by molar-refractivity contribution is 0.318. The maximum absolute atomic E-state index is 6.00. The number of rotatable bonds is 3. The maximum atomic E-state index is 6.00. The molecule has 126 valence electrons. The average molecular weight is 339 g/mol. The van der Waals surface area contributed by atoms with Gasteiger partial charge in [-0.05, 0) is 29.8 Å². The molecule has 0 aliphatic carbocycles. The number of fused-ring (bicyclic) bond motifs is 1. The summed E-state index contributed by atoms with van der Waals surface area (Å²) in [6.45, 7) is 0.559. The second-order valence-electron chi connectivity index (χ2n) is 6.28. The Labute approximate surface area is 151 Å². The van der Waals surface area contributed by atoms with Crippen LogP contribution in [0.25, 0.3) is 16.7 Å². The van der Waals surface area contributed by atoms with Crippen LogP contribution in [-0.4, -0.2) is 22.1 Å². The van der Waals surface area contributed by atoms with Gasteiger partial charge in [0.15, 0.2) is 0 Å². The topological polar surface area (TPSA) is 39.4 Å². The molecular weight excluding hydrogens is 322 g/mol. The van der Waals surface area contributed by atoms with Crippen LogP contribution in [0.3, 0.4) is 0 Å². The van der Waals surface area contributed by atoms with Gasteiger partial charge in [-0.3, -0.25) is 4.57 Å². The third-order valence-electron chi connectivity index (χ3n) is 4.64. The zero-order valence-corrected chi connectivity index (χ0v) is 14.1. The minimum Gasteiger partial charge on any atom is -0.474 e. The summed E-state index contributed by atoms with van der Waals surface area (Å²) in [4.78, 5) is 9.39. The standard InChI is InChI=1S/C22H17N3O/c1-2-8-16(9-3-1)18-15-26-22(24-18)20-14-17-10-4-5-11-19(17)25(20)21-12-6-7-13-23-21/h1-14,18H,15H2. The highest BCUT2D eigenvalue weighted by atomic mass is 16.5. The van der Waals surface area contributed by atoms with Gasteiger partial charge in [-0.15, -0.1) is 0 Å². The Balaban J connectivity index is 1.66. The van der Waals surface area contributed by atoms with Crippen LogP contribution in [0.15, 0.2) is 90.1 Å². The van der Waals surface area contributed by atoms with E-state index in [1.54, 1.807) is 6.20 Å². The highest BCUT2D eigenvalue weighted by Crippen LogP contribution is 2.29. The molecule has 0 saturated carbocycles. The van der Waals surface area contributed by atoms with Crippen molar-refractivity contribution in [1.82, 2.24) is 9.55 Å². The van der Waals surface area contributed by atoms with E-state index in [2.05, 4.69) is 39.9 Å². The first kappa shape index (κ1) is 14.9. The van der Waals surface area contributed by atoms with Crippen LogP contribution in [0.1, 0.15) is 17.3 Å². The van der Waals surface area contributed by atoms with Gasteiger partial charge in [0.1, 0.15) is 24.2 Å². The summed E-state index contributed by atoms with van der Waals surface area (Å²) < 4.78 is 8.11. The maximum Gasteiger partial charge on any atom is 0.234 e. The van der Waals surface area contributed by atoms with Crippen LogP contribution < -0.4 is 0 Å². The van der Waals surface area contributed by atoms with Gasteiger partial charge in [0.25, 0.3) is 0 Å². The molecule has 4 heteroatoms. The van der Waals surface area contributed by atoms with E-state index >= 15 is 0 Å². The number of aromatic nitrogens is 2. The lowest BCUT2D eigenvalue weighted by Gasteiger charge is -2.09. The van der Waals surface area contributed by atoms with Crippen LogP contribution >= 0.6 is 0 Å². The Kier molecular flexibility index (Phi) is 3.53. The molecule has 1 aliphatic rings. The molecule has 1 atom stereocenters. The van der Waals surface area contributed by atoms with Gasteiger partial charge < -0.3 is 4.74 Å². The van der Waals surface area contributed by atoms with Crippen molar-refractivity contribution >= 4 is 16.8 Å². The van der Waals surface area contributed by atoms with E-state index in [1.807, 2.05) is 48.5 Å². The third kappa shape index (κ3) is 2.47. The lowest BCUT2D eigenvalue weighted by Crippen LogP contribution is -2.09. The summed E-state index contributed by atoms with van der Waals surface area (Å²) in [5.74, 6) is 1.53. The normalized spacial score (nSPS) is 16.5. The van der Waals surface area contributed by atoms with E-state index in [0.29, 0.717) is 12.5 Å². The molecule has 2 aromatic heterocycles. The molecule has 0 fully saturated rings. The van der Waals surface area contributed by atoms with Crippen molar-refractivity contribution < 1.29 is 4.74 Å². The Morgan fingerprint density at radius 1 is 0.885 bits per heavy atom. The molecule has 4 nitrogen and oxygen atoms in total. The number of aliphatic imine (C=N–C) groups is 1. The monoisotopic (exact) mass is 339 g/mol. The van der Waals surface area contributed by atoms with Gasteiger partial charge >= 0.3 is 0 Å². The molecule has 0 bridgehead atoms. The number of pyridine rings is 1. The van der Waals surface area contributed by atoms with Crippen molar-refractivity contribution in [1.29, 1.82) is 0 Å². The predicted octanol–water partition coefficient (Wildman–Crippen LogP) is 4.54. The second-order valence-corrected chi connectivity index (χ2v) is 6.28. The fourth-order valence-electron chi connectivity index (χ4n) is 3.41. The second kappa shape index (κ2) is 6.15. The zero-order valence-electron chi connectivity index (χ0n) is 14.1. The Morgan fingerprint density at radius 3 is 2.54 bits per heavy atom. The van der Waals surface area contributed by atoms with E-state index in [4.69, 9.17) is 9.73 Å². The molecule has 5 rings (SSSR count). The van der Waals surface area contributed by atoms with Crippen molar-refractivity contribution in [2.45, 2.75) is 6.04 Å². The van der Waals surface area contributed by atoms with E-state index in [9.17, 15) is 0 Å². The van der Waals surface area contributed by atoms with E-state index in [-0.39, 0.29) is 6.04 Å². The lowest BCUT2D eigenvalue weighted by atomic mass is 10.1. The molecule has 1 unspecified atom stereocenters. The van der Waals surface area contributed by atoms with Crippen LogP contribution in [-0.2, 0) is 4.74 Å². The summed E-state index contributed by atoms with van der Waals surface area (Å²) in [5.41, 5.74) is 3.20. The van der Waals surface area contributed by atoms with Gasteiger partial charge in [0.2, 0.25) is 5.90 Å². The minimum absolute atomic E-state index is 0.0291. The average Bonchev–Trinajstić information content (AvgIpc) is 3.34. The summed E-state index contributed by atoms with van der Waals surface area (Å²) in [6, 6.07) is 26.6. The van der Waals surface area contributed by atoms with Crippen LogP contribution in [0, 0.1) is 0 Å². The number of nitrogens with zero attached hydrogens (tertiary/aromatic N) is 3. The number of hydrogen-bond donors (Lipinski definition) is 0. The quantitative estimate of drug-likeness (QED) is 0.549. The third-order valence-corrected chi connectivity index (χ3v) is 4.64. The van der Waals surface area contributed by atoms with Crippen molar-refractivity contribution in [2.24, 2.45) is 4.99 Å². The number of benzene rings is 2. The fourth-order valence-corrected chi connectivity index (χ4v) is 3.41. The van der Waals surface area contributed by atoms with Gasteiger partial charge in [-0.25, -0.2) is 9.98 Å². The van der Waals surface area contributed by atoms with E-state index < -0.39 is 0 Å². The molecule has 0 N–H and O–H groups in total. The highest BCUT2D eigenvalue weighted by Gasteiger charge is 2.25. The molecule has 4 aromatic rings. The summed E-state index contributed by atoms with van der Waals surface area (Å²) in [5, 5.41) is 1.14. The SMILES string of the molecule is c1ccc(C2COC(c3cc4ccccc4n3-c3ccccn3)=N2)cc1. The highest BCUT2D eigenvalue weighted by molar-refractivity contribution is 6.00. The number of ether oxygens (including phenoxy) is 1. The van der Waals surface area contributed by atoms with Gasteiger partial charge in [0, 0.05) is 11.6 Å². The van der Waals surface area contributed by atoms with Crippen molar-refractivity contribution in [3.05, 3.63) is 96.3 Å². The predicted molar refractivity (Wildman–Crippen MR) is 103 cm³/mol. The van der Waals surface area contributed by atoms with Gasteiger partial charge in [0.05, 0.1) is 5.52 Å². The first-order valence-electron chi connectivity index (χ1n) is 8.68. The van der Waals surface area contributed by atoms with Gasteiger partial charge in [-0.1, -0.05) is 54.6 Å². The molecule has 3 heterocycles. The molecule has 26 heavy (non-hydrogen) atoms. The summed E-state index contributed by atoms with van der Waals surface area (Å²) >= 11 is 0. The summed E-state index contributed by atoms with van der Waals surface area (Å²) in [7, 11) is 0. The van der Waals surface area contributed by atoms with E-state index in [1.165, 1.54) is 5.56 Å². The molecule has 0 spiro atoms. The minimum atomic E-state index is 0.0291. The number of para-hydroxylation sites is 1. The molecule has 0 amide bonds. The number of hydrogen-bond acceptors (Lipinski definition) is 3.